The Morgan fingerprint density at radius 2 is 1.66 bits per heavy atom. The Kier molecular flexibility index (Phi) is 6.58. The van der Waals surface area contributed by atoms with Crippen molar-refractivity contribution in [3.8, 4) is 17.0 Å². The fraction of sp³-hybridized carbons (Fsp3) is 0.0385. The lowest BCUT2D eigenvalue weighted by Crippen LogP contribution is -2.16. The molecule has 0 aliphatic rings. The summed E-state index contributed by atoms with van der Waals surface area (Å²) < 4.78 is 0. The number of benzene rings is 3. The van der Waals surface area contributed by atoms with E-state index in [9.17, 15) is 9.90 Å². The standard InChI is InChI=1S/C26H20ClN3O2/c27-21-11-6-19(7-12-21)16-25(32)30-26-23(15-8-18-4-2-1-3-5-18)29-24(17-28-26)20-9-13-22(31)14-10-20/h1-15,17,31H,16H2,(H,28,30,32)/b15-8+. The molecule has 0 unspecified atom stereocenters. The van der Waals surface area contributed by atoms with Gasteiger partial charge in [-0.05, 0) is 53.6 Å². The summed E-state index contributed by atoms with van der Waals surface area (Å²) in [6, 6.07) is 23.7. The predicted molar refractivity (Wildman–Crippen MR) is 128 cm³/mol. The molecule has 0 bridgehead atoms. The third-order valence-electron chi connectivity index (χ3n) is 4.73. The molecular weight excluding hydrogens is 422 g/mol. The number of halogens is 1. The molecule has 0 radical (unpaired) electrons. The van der Waals surface area contributed by atoms with E-state index in [4.69, 9.17) is 16.6 Å². The smallest absolute Gasteiger partial charge is 0.230 e. The van der Waals surface area contributed by atoms with Crippen molar-refractivity contribution in [3.05, 3.63) is 107 Å². The van der Waals surface area contributed by atoms with Crippen LogP contribution in [0.3, 0.4) is 0 Å². The Bertz CT molecular complexity index is 1240. The highest BCUT2D eigenvalue weighted by atomic mass is 35.5. The zero-order valence-corrected chi connectivity index (χ0v) is 17.8. The van der Waals surface area contributed by atoms with Crippen molar-refractivity contribution in [1.82, 2.24) is 9.97 Å². The van der Waals surface area contributed by atoms with Crippen molar-refractivity contribution in [2.75, 3.05) is 5.32 Å². The molecule has 5 nitrogen and oxygen atoms in total. The van der Waals surface area contributed by atoms with Crippen molar-refractivity contribution in [2.45, 2.75) is 6.42 Å². The molecule has 0 aliphatic heterocycles. The van der Waals surface area contributed by atoms with Gasteiger partial charge in [0, 0.05) is 10.6 Å². The van der Waals surface area contributed by atoms with Crippen LogP contribution in [0.15, 0.2) is 85.1 Å². The second kappa shape index (κ2) is 9.90. The topological polar surface area (TPSA) is 75.1 Å². The second-order valence-corrected chi connectivity index (χ2v) is 7.57. The van der Waals surface area contributed by atoms with Gasteiger partial charge in [-0.15, -0.1) is 0 Å². The number of hydrogen-bond acceptors (Lipinski definition) is 4. The van der Waals surface area contributed by atoms with Crippen LogP contribution in [0.1, 0.15) is 16.8 Å². The monoisotopic (exact) mass is 441 g/mol. The van der Waals surface area contributed by atoms with Gasteiger partial charge >= 0.3 is 0 Å². The average molecular weight is 442 g/mol. The van der Waals surface area contributed by atoms with Crippen LogP contribution >= 0.6 is 11.6 Å². The highest BCUT2D eigenvalue weighted by molar-refractivity contribution is 6.30. The van der Waals surface area contributed by atoms with E-state index in [0.717, 1.165) is 16.7 Å². The van der Waals surface area contributed by atoms with Gasteiger partial charge in [-0.3, -0.25) is 4.79 Å². The van der Waals surface area contributed by atoms with Gasteiger partial charge in [-0.25, -0.2) is 9.97 Å². The van der Waals surface area contributed by atoms with E-state index in [-0.39, 0.29) is 18.1 Å². The fourth-order valence-electron chi connectivity index (χ4n) is 3.09. The van der Waals surface area contributed by atoms with Crippen molar-refractivity contribution in [2.24, 2.45) is 0 Å². The van der Waals surface area contributed by atoms with Crippen LogP contribution < -0.4 is 5.32 Å². The third kappa shape index (κ3) is 5.59. The predicted octanol–water partition coefficient (Wildman–Crippen LogP) is 5.85. The molecular formula is C26H20ClN3O2. The van der Waals surface area contributed by atoms with Crippen LogP contribution in [0.25, 0.3) is 23.4 Å². The van der Waals surface area contributed by atoms with Gasteiger partial charge in [0.2, 0.25) is 5.91 Å². The van der Waals surface area contributed by atoms with E-state index in [0.29, 0.717) is 22.2 Å². The largest absolute Gasteiger partial charge is 0.508 e. The summed E-state index contributed by atoms with van der Waals surface area (Å²) in [5.74, 6) is 0.351. The highest BCUT2D eigenvalue weighted by Gasteiger charge is 2.11. The molecule has 0 spiro atoms. The number of anilines is 1. The number of nitrogens with one attached hydrogen (secondary N) is 1. The normalized spacial score (nSPS) is 10.9. The van der Waals surface area contributed by atoms with Crippen LogP contribution in [-0.2, 0) is 11.2 Å². The molecule has 4 aromatic rings. The number of aromatic hydroxyl groups is 1. The first-order valence-corrected chi connectivity index (χ1v) is 10.4. The number of phenolic OH excluding ortho intramolecular Hbond substituents is 1. The second-order valence-electron chi connectivity index (χ2n) is 7.13. The number of carbonyl (C=O) groups excluding carboxylic acids is 1. The molecule has 1 amide bonds. The highest BCUT2D eigenvalue weighted by Crippen LogP contribution is 2.23. The molecule has 6 heteroatoms. The molecule has 0 saturated carbocycles. The first-order valence-electron chi connectivity index (χ1n) is 10.0. The van der Waals surface area contributed by atoms with E-state index in [1.165, 1.54) is 0 Å². The molecule has 1 heterocycles. The summed E-state index contributed by atoms with van der Waals surface area (Å²) in [6.45, 7) is 0. The van der Waals surface area contributed by atoms with Gasteiger partial charge in [-0.1, -0.05) is 60.1 Å². The Labute approximate surface area is 191 Å². The number of hydrogen-bond donors (Lipinski definition) is 2. The maximum Gasteiger partial charge on any atom is 0.230 e. The van der Waals surface area contributed by atoms with E-state index >= 15 is 0 Å². The van der Waals surface area contributed by atoms with E-state index < -0.39 is 0 Å². The lowest BCUT2D eigenvalue weighted by molar-refractivity contribution is -0.115. The number of aromatic nitrogens is 2. The maximum absolute atomic E-state index is 12.6. The molecule has 1 aromatic heterocycles. The quantitative estimate of drug-likeness (QED) is 0.393. The molecule has 0 fully saturated rings. The lowest BCUT2D eigenvalue weighted by atomic mass is 10.1. The lowest BCUT2D eigenvalue weighted by Gasteiger charge is -2.10. The van der Waals surface area contributed by atoms with Gasteiger partial charge in [0.05, 0.1) is 18.3 Å². The molecule has 0 saturated heterocycles. The van der Waals surface area contributed by atoms with Gasteiger partial charge in [0.25, 0.3) is 0 Å². The molecule has 4 rings (SSSR count). The van der Waals surface area contributed by atoms with Crippen molar-refractivity contribution in [1.29, 1.82) is 0 Å². The first-order chi connectivity index (χ1) is 15.6. The van der Waals surface area contributed by atoms with Crippen LogP contribution in [0.4, 0.5) is 5.82 Å². The van der Waals surface area contributed by atoms with Gasteiger partial charge < -0.3 is 10.4 Å². The van der Waals surface area contributed by atoms with Crippen LogP contribution in [0, 0.1) is 0 Å². The average Bonchev–Trinajstić information content (AvgIpc) is 2.81. The van der Waals surface area contributed by atoms with Crippen LogP contribution in [0.2, 0.25) is 5.02 Å². The maximum atomic E-state index is 12.6. The molecule has 32 heavy (non-hydrogen) atoms. The van der Waals surface area contributed by atoms with Gasteiger partial charge in [-0.2, -0.15) is 0 Å². The summed E-state index contributed by atoms with van der Waals surface area (Å²) in [6.07, 6.45) is 5.54. The van der Waals surface area contributed by atoms with Crippen molar-refractivity contribution >= 4 is 35.5 Å². The number of carbonyl (C=O) groups is 1. The van der Waals surface area contributed by atoms with Crippen LogP contribution in [0.5, 0.6) is 5.75 Å². The molecule has 158 valence electrons. The summed E-state index contributed by atoms with van der Waals surface area (Å²) >= 11 is 5.92. The van der Waals surface area contributed by atoms with Gasteiger partial charge in [0.15, 0.2) is 5.82 Å². The first kappa shape index (κ1) is 21.3. The number of amides is 1. The summed E-state index contributed by atoms with van der Waals surface area (Å²) in [5, 5.41) is 13.0. The molecule has 3 aromatic carbocycles. The molecule has 0 atom stereocenters. The van der Waals surface area contributed by atoms with Gasteiger partial charge in [0.1, 0.15) is 11.4 Å². The van der Waals surface area contributed by atoms with E-state index in [2.05, 4.69) is 10.3 Å². The van der Waals surface area contributed by atoms with Crippen molar-refractivity contribution in [3.63, 3.8) is 0 Å². The Morgan fingerprint density at radius 3 is 2.38 bits per heavy atom. The minimum Gasteiger partial charge on any atom is -0.508 e. The SMILES string of the molecule is O=C(Cc1ccc(Cl)cc1)Nc1ncc(-c2ccc(O)cc2)nc1/C=C/c1ccccc1. The number of phenols is 1. The Balaban J connectivity index is 1.62. The third-order valence-corrected chi connectivity index (χ3v) is 4.98. The molecule has 0 aliphatic carbocycles. The zero-order chi connectivity index (χ0) is 22.3. The zero-order valence-electron chi connectivity index (χ0n) is 17.1. The number of nitrogens with zero attached hydrogens (tertiary/aromatic N) is 2. The summed E-state index contributed by atoms with van der Waals surface area (Å²) in [4.78, 5) is 21.8. The Morgan fingerprint density at radius 1 is 0.938 bits per heavy atom. The minimum absolute atomic E-state index is 0.178. The van der Waals surface area contributed by atoms with E-state index in [1.54, 1.807) is 42.6 Å². The van der Waals surface area contributed by atoms with Crippen molar-refractivity contribution < 1.29 is 9.90 Å². The minimum atomic E-state index is -0.201. The number of rotatable bonds is 6. The molecule has 2 N–H and O–H groups in total. The fourth-order valence-corrected chi connectivity index (χ4v) is 3.22. The van der Waals surface area contributed by atoms with Crippen LogP contribution in [-0.4, -0.2) is 21.0 Å². The Hall–Kier alpha value is -3.96. The van der Waals surface area contributed by atoms with E-state index in [1.807, 2.05) is 54.6 Å². The summed E-state index contributed by atoms with van der Waals surface area (Å²) in [5.41, 5.74) is 3.82. The summed E-state index contributed by atoms with van der Waals surface area (Å²) in [7, 11) is 0.